The summed E-state index contributed by atoms with van der Waals surface area (Å²) in [6, 6.07) is 14.4. The van der Waals surface area contributed by atoms with Crippen LogP contribution in [0.3, 0.4) is 0 Å². The first-order valence-electron chi connectivity index (χ1n) is 13.8. The summed E-state index contributed by atoms with van der Waals surface area (Å²) in [6.07, 6.45) is 1.01. The molecule has 0 aliphatic carbocycles. The second kappa shape index (κ2) is 14.7. The maximum absolute atomic E-state index is 12.4. The lowest BCUT2D eigenvalue weighted by atomic mass is 9.98. The molecule has 0 unspecified atom stereocenters. The van der Waals surface area contributed by atoms with Crippen LogP contribution in [0.4, 0.5) is 4.79 Å². The number of benzene rings is 2. The Morgan fingerprint density at radius 1 is 0.756 bits per heavy atom. The molecule has 0 fully saturated rings. The van der Waals surface area contributed by atoms with E-state index in [0.717, 1.165) is 22.3 Å². The minimum Gasteiger partial charge on any atom is -0.467 e. The zero-order valence-electron chi connectivity index (χ0n) is 25.5. The van der Waals surface area contributed by atoms with Crippen LogP contribution in [0, 0.1) is 0 Å². The third-order valence-electron chi connectivity index (χ3n) is 5.89. The van der Waals surface area contributed by atoms with E-state index in [0.29, 0.717) is 19.3 Å². The van der Waals surface area contributed by atoms with Gasteiger partial charge in [0.15, 0.2) is 0 Å². The van der Waals surface area contributed by atoms with Gasteiger partial charge in [-0.15, -0.1) is 0 Å². The number of methoxy groups -OCH3 is 1. The van der Waals surface area contributed by atoms with E-state index in [1.54, 1.807) is 48.5 Å². The van der Waals surface area contributed by atoms with Gasteiger partial charge in [-0.1, -0.05) is 48.5 Å². The van der Waals surface area contributed by atoms with Gasteiger partial charge >= 0.3 is 18.0 Å². The molecule has 0 heterocycles. The Kier molecular flexibility index (Phi) is 11.9. The van der Waals surface area contributed by atoms with Crippen LogP contribution in [0.2, 0.25) is 0 Å². The first-order valence-corrected chi connectivity index (χ1v) is 13.8. The lowest BCUT2D eigenvalue weighted by molar-refractivity contribution is -0.158. The summed E-state index contributed by atoms with van der Waals surface area (Å²) >= 11 is 0. The normalized spacial score (nSPS) is 13.0. The molecule has 0 saturated heterocycles. The van der Waals surface area contributed by atoms with Crippen LogP contribution < -0.4 is 10.6 Å². The van der Waals surface area contributed by atoms with Gasteiger partial charge in [0, 0.05) is 6.42 Å². The van der Waals surface area contributed by atoms with E-state index in [-0.39, 0.29) is 12.3 Å². The molecule has 0 aliphatic heterocycles. The van der Waals surface area contributed by atoms with E-state index in [4.69, 9.17) is 14.2 Å². The molecule has 2 aromatic carbocycles. The first-order chi connectivity index (χ1) is 19.1. The van der Waals surface area contributed by atoms with Gasteiger partial charge in [0.05, 0.1) is 7.11 Å². The summed E-state index contributed by atoms with van der Waals surface area (Å²) < 4.78 is 15.4. The summed E-state index contributed by atoms with van der Waals surface area (Å²) in [5, 5.41) is 5.30. The standard InChI is InChI=1S/C32H44N2O7/c1-21(28(36)40-31(2,3)4)33-27(35)19-15-23-10-9-11-25(20-23)24-16-12-22(13-17-24)14-18-26(29(37)39-8)34-30(38)41-32(5,6)7/h9-13,16-17,20-21,26H,14-15,18-19H2,1-8H3,(H,33,35)(H,34,38)/t21-,26-/m0/s1. The van der Waals surface area contributed by atoms with Crippen LogP contribution >= 0.6 is 0 Å². The van der Waals surface area contributed by atoms with Crippen LogP contribution in [0.5, 0.6) is 0 Å². The predicted octanol–water partition coefficient (Wildman–Crippen LogP) is 5.13. The highest BCUT2D eigenvalue weighted by Gasteiger charge is 2.25. The second-order valence-electron chi connectivity index (χ2n) is 12.0. The fourth-order valence-electron chi connectivity index (χ4n) is 3.94. The van der Waals surface area contributed by atoms with E-state index in [2.05, 4.69) is 10.6 Å². The first kappa shape index (κ1) is 33.3. The Balaban J connectivity index is 1.95. The molecule has 0 aromatic heterocycles. The minimum absolute atomic E-state index is 0.218. The Labute approximate surface area is 243 Å². The molecule has 9 nitrogen and oxygen atoms in total. The summed E-state index contributed by atoms with van der Waals surface area (Å²) in [5.74, 6) is -1.21. The molecular weight excluding hydrogens is 524 g/mol. The third-order valence-corrected chi connectivity index (χ3v) is 5.89. The molecular formula is C32H44N2O7. The highest BCUT2D eigenvalue weighted by atomic mass is 16.6. The number of esters is 2. The van der Waals surface area contributed by atoms with Crippen molar-refractivity contribution in [3.63, 3.8) is 0 Å². The van der Waals surface area contributed by atoms with Crippen molar-refractivity contribution in [1.82, 2.24) is 10.6 Å². The topological polar surface area (TPSA) is 120 Å². The summed E-state index contributed by atoms with van der Waals surface area (Å²) in [5.41, 5.74) is 2.73. The van der Waals surface area contributed by atoms with Crippen LogP contribution in [0.1, 0.15) is 72.4 Å². The Morgan fingerprint density at radius 2 is 1.39 bits per heavy atom. The molecule has 2 rings (SSSR count). The number of ether oxygens (including phenoxy) is 3. The number of hydrogen-bond donors (Lipinski definition) is 2. The SMILES string of the molecule is COC(=O)[C@H](CCc1ccc(-c2cccc(CCC(=O)N[C@@H](C)C(=O)OC(C)(C)C)c2)cc1)NC(=O)OC(C)(C)C. The second-order valence-corrected chi connectivity index (χ2v) is 12.0. The zero-order valence-corrected chi connectivity index (χ0v) is 25.5. The van der Waals surface area contributed by atoms with Crippen LogP contribution in [0.25, 0.3) is 11.1 Å². The summed E-state index contributed by atoms with van der Waals surface area (Å²) in [4.78, 5) is 48.9. The Bertz CT molecular complexity index is 1190. The number of carbonyl (C=O) groups excluding carboxylic acids is 4. The highest BCUT2D eigenvalue weighted by Crippen LogP contribution is 2.22. The predicted molar refractivity (Wildman–Crippen MR) is 157 cm³/mol. The quantitative estimate of drug-likeness (QED) is 0.285. The molecule has 0 radical (unpaired) electrons. The van der Waals surface area contributed by atoms with Gasteiger partial charge in [-0.05, 0) is 90.0 Å². The van der Waals surface area contributed by atoms with E-state index >= 15 is 0 Å². The van der Waals surface area contributed by atoms with Crippen molar-refractivity contribution >= 4 is 23.9 Å². The zero-order chi connectivity index (χ0) is 30.8. The van der Waals surface area contributed by atoms with Crippen LogP contribution in [-0.2, 0) is 41.4 Å². The Hall–Kier alpha value is -3.88. The van der Waals surface area contributed by atoms with Crippen molar-refractivity contribution in [2.24, 2.45) is 0 Å². The molecule has 0 spiro atoms. The van der Waals surface area contributed by atoms with Crippen LogP contribution in [0.15, 0.2) is 48.5 Å². The van der Waals surface area contributed by atoms with Crippen molar-refractivity contribution in [2.45, 2.75) is 97.4 Å². The largest absolute Gasteiger partial charge is 0.467 e. The molecule has 9 heteroatoms. The molecule has 0 bridgehead atoms. The van der Waals surface area contributed by atoms with Crippen molar-refractivity contribution < 1.29 is 33.4 Å². The molecule has 2 N–H and O–H groups in total. The van der Waals surface area contributed by atoms with Gasteiger partial charge in [0.1, 0.15) is 23.3 Å². The fraction of sp³-hybridized carbons (Fsp3) is 0.500. The summed E-state index contributed by atoms with van der Waals surface area (Å²) in [7, 11) is 1.28. The van der Waals surface area contributed by atoms with Gasteiger partial charge < -0.3 is 24.8 Å². The average molecular weight is 569 g/mol. The van der Waals surface area contributed by atoms with Crippen molar-refractivity contribution in [3.8, 4) is 11.1 Å². The number of amides is 2. The molecule has 2 atom stereocenters. The molecule has 2 amide bonds. The number of rotatable bonds is 11. The molecule has 0 aliphatic rings. The lowest BCUT2D eigenvalue weighted by Gasteiger charge is -2.22. The number of aryl methyl sites for hydroxylation is 2. The third kappa shape index (κ3) is 12.4. The maximum atomic E-state index is 12.4. The molecule has 41 heavy (non-hydrogen) atoms. The van der Waals surface area contributed by atoms with Crippen molar-refractivity contribution in [3.05, 3.63) is 59.7 Å². The van der Waals surface area contributed by atoms with Crippen molar-refractivity contribution in [2.75, 3.05) is 7.11 Å². The van der Waals surface area contributed by atoms with Gasteiger partial charge in [0.2, 0.25) is 5.91 Å². The molecule has 2 aromatic rings. The van der Waals surface area contributed by atoms with E-state index < -0.39 is 41.3 Å². The van der Waals surface area contributed by atoms with Crippen molar-refractivity contribution in [1.29, 1.82) is 0 Å². The Morgan fingerprint density at radius 3 is 1.98 bits per heavy atom. The van der Waals surface area contributed by atoms with E-state index in [1.807, 2.05) is 48.5 Å². The van der Waals surface area contributed by atoms with E-state index in [1.165, 1.54) is 7.11 Å². The minimum atomic E-state index is -0.824. The number of nitrogens with one attached hydrogen (secondary N) is 2. The van der Waals surface area contributed by atoms with Crippen LogP contribution in [-0.4, -0.2) is 54.3 Å². The van der Waals surface area contributed by atoms with Gasteiger partial charge in [-0.2, -0.15) is 0 Å². The monoisotopic (exact) mass is 568 g/mol. The fourth-order valence-corrected chi connectivity index (χ4v) is 3.94. The molecule has 0 saturated carbocycles. The number of alkyl carbamates (subject to hydrolysis) is 1. The number of carbonyl (C=O) groups is 4. The lowest BCUT2D eigenvalue weighted by Crippen LogP contribution is -2.44. The maximum Gasteiger partial charge on any atom is 0.408 e. The van der Waals surface area contributed by atoms with Gasteiger partial charge in [0.25, 0.3) is 0 Å². The smallest absolute Gasteiger partial charge is 0.408 e. The summed E-state index contributed by atoms with van der Waals surface area (Å²) in [6.45, 7) is 12.2. The van der Waals surface area contributed by atoms with Gasteiger partial charge in [-0.25, -0.2) is 14.4 Å². The highest BCUT2D eigenvalue weighted by molar-refractivity contribution is 5.84. The molecule has 224 valence electrons. The average Bonchev–Trinajstić information content (AvgIpc) is 2.87. The van der Waals surface area contributed by atoms with Gasteiger partial charge in [-0.3, -0.25) is 4.79 Å². The van der Waals surface area contributed by atoms with E-state index in [9.17, 15) is 19.2 Å². The number of hydrogen-bond acceptors (Lipinski definition) is 7.